The van der Waals surface area contributed by atoms with Crippen molar-refractivity contribution in [3.05, 3.63) is 23.8 Å². The fraction of sp³-hybridized carbons (Fsp3) is 0.727. The molecule has 0 bridgehead atoms. The Hall–Kier alpha value is -1.04. The monoisotopic (exact) mass is 410 g/mol. The van der Waals surface area contributed by atoms with Crippen LogP contribution in [0.1, 0.15) is 46.5 Å². The first-order chi connectivity index (χ1) is 13.0. The van der Waals surface area contributed by atoms with Crippen molar-refractivity contribution in [3.63, 3.8) is 0 Å². The average Bonchev–Trinajstić information content (AvgIpc) is 2.84. The number of aliphatic hydroxyl groups is 2. The van der Waals surface area contributed by atoms with Gasteiger partial charge in [-0.1, -0.05) is 25.5 Å². The molecule has 0 aromatic heterocycles. The van der Waals surface area contributed by atoms with Gasteiger partial charge in [0.1, 0.15) is 5.60 Å². The van der Waals surface area contributed by atoms with Crippen LogP contribution in [-0.4, -0.2) is 45.0 Å². The second-order valence-electron chi connectivity index (χ2n) is 9.72. The Kier molecular flexibility index (Phi) is 4.33. The second-order valence-corrected chi connectivity index (χ2v) is 9.99. The molecule has 154 valence electrons. The van der Waals surface area contributed by atoms with Crippen LogP contribution in [0.15, 0.2) is 23.8 Å². The highest BCUT2D eigenvalue weighted by atomic mass is 35.5. The van der Waals surface area contributed by atoms with Crippen LogP contribution in [0.25, 0.3) is 0 Å². The minimum absolute atomic E-state index is 0.0151. The summed E-state index contributed by atoms with van der Waals surface area (Å²) in [6.45, 7) is 5.38. The van der Waals surface area contributed by atoms with Crippen LogP contribution in [0.4, 0.5) is 4.39 Å². The van der Waals surface area contributed by atoms with E-state index in [1.807, 2.05) is 13.8 Å². The third-order valence-electron chi connectivity index (χ3n) is 8.77. The molecule has 0 aromatic carbocycles. The zero-order valence-corrected chi connectivity index (χ0v) is 17.3. The van der Waals surface area contributed by atoms with Crippen molar-refractivity contribution in [1.82, 2.24) is 0 Å². The molecule has 4 aliphatic carbocycles. The molecule has 6 heteroatoms. The third-order valence-corrected chi connectivity index (χ3v) is 9.01. The normalized spacial score (nSPS) is 52.5. The molecule has 8 atom stereocenters. The van der Waals surface area contributed by atoms with Crippen molar-refractivity contribution in [2.75, 3.05) is 5.88 Å². The SMILES string of the molecule is CC1CC2C3CCC4=CC(=O)C=C[C@]4(C)[C@@]3(F)C(O)C[C@]2(C)[C@@]1(O)C(=O)CCl. The lowest BCUT2D eigenvalue weighted by atomic mass is 9.44. The fourth-order valence-electron chi connectivity index (χ4n) is 7.24. The van der Waals surface area contributed by atoms with E-state index in [-0.39, 0.29) is 29.9 Å². The van der Waals surface area contributed by atoms with E-state index in [0.29, 0.717) is 19.3 Å². The quantitative estimate of drug-likeness (QED) is 0.686. The van der Waals surface area contributed by atoms with Crippen molar-refractivity contribution < 1.29 is 24.2 Å². The molecule has 28 heavy (non-hydrogen) atoms. The summed E-state index contributed by atoms with van der Waals surface area (Å²) in [4.78, 5) is 24.5. The third kappa shape index (κ3) is 2.08. The van der Waals surface area contributed by atoms with Gasteiger partial charge in [0.2, 0.25) is 0 Å². The van der Waals surface area contributed by atoms with E-state index >= 15 is 4.39 Å². The summed E-state index contributed by atoms with van der Waals surface area (Å²) in [5.41, 5.74) is -4.90. The molecule has 0 aliphatic heterocycles. The van der Waals surface area contributed by atoms with E-state index in [1.165, 1.54) is 12.2 Å². The number of carbonyl (C=O) groups excluding carboxylic acids is 2. The first-order valence-electron chi connectivity index (χ1n) is 10.1. The van der Waals surface area contributed by atoms with Crippen molar-refractivity contribution in [3.8, 4) is 0 Å². The highest BCUT2D eigenvalue weighted by Gasteiger charge is 2.75. The highest BCUT2D eigenvalue weighted by Crippen LogP contribution is 2.70. The van der Waals surface area contributed by atoms with E-state index in [0.717, 1.165) is 5.57 Å². The van der Waals surface area contributed by atoms with Crippen LogP contribution in [0.5, 0.6) is 0 Å². The molecule has 0 radical (unpaired) electrons. The van der Waals surface area contributed by atoms with Gasteiger partial charge in [0.15, 0.2) is 17.2 Å². The van der Waals surface area contributed by atoms with E-state index < -0.39 is 39.9 Å². The Morgan fingerprint density at radius 3 is 2.68 bits per heavy atom. The lowest BCUT2D eigenvalue weighted by Crippen LogP contribution is -2.69. The standard InChI is InChI=1S/C22H28ClFO4/c1-12-8-16-15-5-4-13-9-14(25)6-7-19(13,2)21(15,24)17(26)10-20(16,3)22(12,28)18(27)11-23/h6-7,9,12,15-17,26,28H,4-5,8,10-11H2,1-3H3/t12?,15?,16?,17?,19-,20-,21-,22-/m0/s1. The first-order valence-corrected chi connectivity index (χ1v) is 10.6. The van der Waals surface area contributed by atoms with E-state index in [2.05, 4.69) is 0 Å². The Balaban J connectivity index is 1.84. The Morgan fingerprint density at radius 1 is 1.36 bits per heavy atom. The second kappa shape index (κ2) is 5.99. The van der Waals surface area contributed by atoms with Gasteiger partial charge in [0.05, 0.1) is 12.0 Å². The smallest absolute Gasteiger partial charge is 0.179 e. The largest absolute Gasteiger partial charge is 0.390 e. The van der Waals surface area contributed by atoms with Crippen LogP contribution in [0, 0.1) is 28.6 Å². The predicted molar refractivity (Wildman–Crippen MR) is 104 cm³/mol. The summed E-state index contributed by atoms with van der Waals surface area (Å²) in [5, 5.41) is 22.6. The number of rotatable bonds is 2. The summed E-state index contributed by atoms with van der Waals surface area (Å²) in [6.07, 6.45) is 4.69. The number of Topliss-reactive ketones (excluding diaryl/α,β-unsaturated/α-hetero) is 1. The molecule has 0 amide bonds. The Morgan fingerprint density at radius 2 is 2.04 bits per heavy atom. The van der Waals surface area contributed by atoms with Crippen molar-refractivity contribution in [1.29, 1.82) is 0 Å². The van der Waals surface area contributed by atoms with Gasteiger partial charge in [-0.25, -0.2) is 4.39 Å². The molecule has 4 rings (SSSR count). The Bertz CT molecular complexity index is 808. The lowest BCUT2D eigenvalue weighted by molar-refractivity contribution is -0.218. The van der Waals surface area contributed by atoms with Gasteiger partial charge in [0, 0.05) is 16.7 Å². The van der Waals surface area contributed by atoms with Gasteiger partial charge >= 0.3 is 0 Å². The van der Waals surface area contributed by atoms with Gasteiger partial charge in [-0.2, -0.15) is 0 Å². The molecule has 0 spiro atoms. The summed E-state index contributed by atoms with van der Waals surface area (Å²) in [6, 6.07) is 0. The number of ketones is 2. The molecule has 0 saturated heterocycles. The van der Waals surface area contributed by atoms with Crippen molar-refractivity contribution in [2.45, 2.75) is 63.8 Å². The summed E-state index contributed by atoms with van der Waals surface area (Å²) in [7, 11) is 0. The van der Waals surface area contributed by atoms with E-state index in [4.69, 9.17) is 11.6 Å². The Labute approximate surface area is 169 Å². The number of alkyl halides is 2. The molecule has 3 fully saturated rings. The van der Waals surface area contributed by atoms with Crippen LogP contribution < -0.4 is 0 Å². The van der Waals surface area contributed by atoms with Crippen LogP contribution in [0.2, 0.25) is 0 Å². The first kappa shape index (κ1) is 20.2. The topological polar surface area (TPSA) is 74.6 Å². The van der Waals surface area contributed by atoms with Gasteiger partial charge in [-0.3, -0.25) is 9.59 Å². The van der Waals surface area contributed by atoms with E-state index in [9.17, 15) is 19.8 Å². The highest BCUT2D eigenvalue weighted by molar-refractivity contribution is 6.29. The summed E-state index contributed by atoms with van der Waals surface area (Å²) in [5.74, 6) is -2.03. The average molecular weight is 411 g/mol. The maximum Gasteiger partial charge on any atom is 0.179 e. The number of hydrogen-bond acceptors (Lipinski definition) is 4. The minimum Gasteiger partial charge on any atom is -0.390 e. The maximum atomic E-state index is 16.9. The van der Waals surface area contributed by atoms with Crippen LogP contribution >= 0.6 is 11.6 Å². The zero-order valence-electron chi connectivity index (χ0n) is 16.5. The van der Waals surface area contributed by atoms with Crippen LogP contribution in [0.3, 0.4) is 0 Å². The van der Waals surface area contributed by atoms with Crippen molar-refractivity contribution >= 4 is 23.2 Å². The molecule has 4 aliphatic rings. The van der Waals surface area contributed by atoms with Gasteiger partial charge < -0.3 is 10.2 Å². The summed E-state index contributed by atoms with van der Waals surface area (Å²) >= 11 is 5.81. The minimum atomic E-state index is -1.95. The maximum absolute atomic E-state index is 16.9. The lowest BCUT2D eigenvalue weighted by Gasteiger charge is -2.62. The van der Waals surface area contributed by atoms with E-state index in [1.54, 1.807) is 13.0 Å². The van der Waals surface area contributed by atoms with Gasteiger partial charge in [-0.15, -0.1) is 11.6 Å². The van der Waals surface area contributed by atoms with Gasteiger partial charge in [-0.05, 0) is 56.6 Å². The molecular formula is C22H28ClFO4. The molecule has 0 heterocycles. The number of halogens is 2. The molecule has 0 aromatic rings. The summed E-state index contributed by atoms with van der Waals surface area (Å²) < 4.78 is 16.9. The van der Waals surface area contributed by atoms with Crippen molar-refractivity contribution in [2.24, 2.45) is 28.6 Å². The zero-order chi connectivity index (χ0) is 20.7. The fourth-order valence-corrected chi connectivity index (χ4v) is 7.45. The molecule has 4 nitrogen and oxygen atoms in total. The number of allylic oxidation sites excluding steroid dienone is 4. The molecule has 3 saturated carbocycles. The molecule has 4 unspecified atom stereocenters. The molecule has 2 N–H and O–H groups in total. The van der Waals surface area contributed by atoms with Crippen LogP contribution in [-0.2, 0) is 9.59 Å². The predicted octanol–water partition coefficient (Wildman–Crippen LogP) is 3.14. The number of hydrogen-bond donors (Lipinski definition) is 2. The number of carbonyl (C=O) groups is 2. The number of aliphatic hydroxyl groups excluding tert-OH is 1. The molecular weight excluding hydrogens is 383 g/mol. The van der Waals surface area contributed by atoms with Gasteiger partial charge in [0.25, 0.3) is 0 Å². The number of fused-ring (bicyclic) bond motifs is 5.